The number of nitrogens with zero attached hydrogens (tertiary/aromatic N) is 5. The van der Waals surface area contributed by atoms with Gasteiger partial charge in [-0.05, 0) is 47.5 Å². The fourth-order valence-corrected chi connectivity index (χ4v) is 6.77. The van der Waals surface area contributed by atoms with Crippen LogP contribution in [0, 0.1) is 15.3 Å². The molecule has 262 valence electrons. The minimum Gasteiger partial charge on any atom is -0.744 e. The van der Waals surface area contributed by atoms with Crippen molar-refractivity contribution in [1.82, 2.24) is 0 Å². The summed E-state index contributed by atoms with van der Waals surface area (Å²) in [5.41, 5.74) is 4.56. The average molecular weight is 821 g/mol. The quantitative estimate of drug-likeness (QED) is 0.0210. The van der Waals surface area contributed by atoms with Crippen LogP contribution in [0.25, 0.3) is 22.9 Å². The van der Waals surface area contributed by atoms with Gasteiger partial charge in [0.1, 0.15) is 41.7 Å². The number of azo groups is 2. The summed E-state index contributed by atoms with van der Waals surface area (Å²) in [7, 11) is -15.2. The number of rotatable bonds is 10. The zero-order valence-corrected chi connectivity index (χ0v) is 36.7. The van der Waals surface area contributed by atoms with E-state index in [0.29, 0.717) is 11.5 Å². The summed E-state index contributed by atoms with van der Waals surface area (Å²) in [6.45, 7) is 0. The molecular formula is C30H19N6Na3O12S3. The molecule has 0 saturated heterocycles. The van der Waals surface area contributed by atoms with E-state index in [9.17, 15) is 54.2 Å². The van der Waals surface area contributed by atoms with Crippen LogP contribution >= 0.6 is 0 Å². The minimum absolute atomic E-state index is 0. The molecule has 5 aromatic carbocycles. The third-order valence-corrected chi connectivity index (χ3v) is 9.70. The molecule has 0 spiro atoms. The minimum atomic E-state index is -5.22. The van der Waals surface area contributed by atoms with Gasteiger partial charge in [0.2, 0.25) is 5.69 Å². The van der Waals surface area contributed by atoms with Crippen molar-refractivity contribution < 1.29 is 137 Å². The van der Waals surface area contributed by atoms with Crippen LogP contribution in [-0.2, 0) is 30.4 Å². The second-order valence-electron chi connectivity index (χ2n) is 10.3. The second kappa shape index (κ2) is 18.8. The Kier molecular flexibility index (Phi) is 16.4. The van der Waals surface area contributed by atoms with Crippen LogP contribution in [-0.4, -0.2) is 48.7 Å². The first kappa shape index (κ1) is 47.2. The van der Waals surface area contributed by atoms with Crippen LogP contribution < -0.4 is 94.4 Å². The molecule has 0 aliphatic rings. The van der Waals surface area contributed by atoms with Crippen LogP contribution in [0.5, 0.6) is 0 Å². The number of hydrogen-bond donors (Lipinski definition) is 1. The van der Waals surface area contributed by atoms with E-state index >= 15 is 0 Å². The largest absolute Gasteiger partial charge is 1.00 e. The molecule has 0 radical (unpaired) electrons. The van der Waals surface area contributed by atoms with Gasteiger partial charge in [0.25, 0.3) is 5.69 Å². The van der Waals surface area contributed by atoms with E-state index in [-0.39, 0.29) is 138 Å². The standard InChI is InChI=1S/C30H22N6O12S3.3Na/c31-25-16-21(13-14-27(25)33-32-26-5-1-4-24-23(26)3-2-6-28(24)49(40,41)42)35(37)34-20-11-9-18(29(15-20)50(43,44)45)7-8-19-10-12-22(36(38)39)17-30(19)51(46,47)48;;;/h1-17H,31H2,(H,40,41,42)(H,43,44,45)(H,46,47,48);;;/q;3*+1/p-3. The third kappa shape index (κ3) is 11.3. The van der Waals surface area contributed by atoms with Crippen molar-refractivity contribution in [2.75, 3.05) is 5.73 Å². The number of anilines is 1. The molecule has 2 N–H and O–H groups in total. The molecule has 5 rings (SSSR count). The van der Waals surface area contributed by atoms with Crippen LogP contribution in [0.15, 0.2) is 121 Å². The van der Waals surface area contributed by atoms with Gasteiger partial charge in [-0.15, -0.1) is 10.2 Å². The van der Waals surface area contributed by atoms with Gasteiger partial charge in [0.15, 0.2) is 0 Å². The van der Waals surface area contributed by atoms with Gasteiger partial charge >= 0.3 is 88.7 Å². The van der Waals surface area contributed by atoms with Crippen LogP contribution in [0.1, 0.15) is 11.1 Å². The Morgan fingerprint density at radius 2 is 1.09 bits per heavy atom. The Hall–Kier alpha value is -2.97. The van der Waals surface area contributed by atoms with Gasteiger partial charge in [-0.2, -0.15) is 0 Å². The molecule has 0 unspecified atom stereocenters. The van der Waals surface area contributed by atoms with Crippen molar-refractivity contribution >= 4 is 87.4 Å². The number of fused-ring (bicyclic) bond motifs is 1. The van der Waals surface area contributed by atoms with Gasteiger partial charge in [-0.1, -0.05) is 47.3 Å². The number of nitrogens with two attached hydrogens (primary N) is 1. The number of nitro groups is 1. The summed E-state index contributed by atoms with van der Waals surface area (Å²) in [5, 5.41) is 36.3. The number of non-ortho nitro benzene ring substituents is 1. The fraction of sp³-hybridized carbons (Fsp3) is 0. The smallest absolute Gasteiger partial charge is 0.744 e. The van der Waals surface area contributed by atoms with E-state index < -0.39 is 55.7 Å². The van der Waals surface area contributed by atoms with Gasteiger partial charge in [0, 0.05) is 40.2 Å². The number of hydrogen-bond acceptors (Lipinski definition) is 16. The first-order valence-corrected chi connectivity index (χ1v) is 18.1. The molecule has 5 aromatic rings. The molecule has 0 aromatic heterocycles. The molecule has 24 heteroatoms. The summed E-state index contributed by atoms with van der Waals surface area (Å²) in [6, 6.07) is 17.7. The third-order valence-electron chi connectivity index (χ3n) is 7.02. The molecule has 0 amide bonds. The summed E-state index contributed by atoms with van der Waals surface area (Å²) in [4.78, 5) is 7.91. The predicted molar refractivity (Wildman–Crippen MR) is 177 cm³/mol. The number of nitro benzene ring substituents is 1. The zero-order chi connectivity index (χ0) is 37.3. The molecular weight excluding hydrogens is 802 g/mol. The van der Waals surface area contributed by atoms with E-state index in [1.165, 1.54) is 48.5 Å². The van der Waals surface area contributed by atoms with Crippen molar-refractivity contribution in [2.24, 2.45) is 15.3 Å². The van der Waals surface area contributed by atoms with E-state index in [0.717, 1.165) is 42.5 Å². The average Bonchev–Trinajstić information content (AvgIpc) is 3.05. The Labute approximate surface area is 373 Å². The predicted octanol–water partition coefficient (Wildman–Crippen LogP) is -3.43. The second-order valence-corrected chi connectivity index (χ2v) is 14.4. The van der Waals surface area contributed by atoms with E-state index in [2.05, 4.69) is 15.3 Å². The Balaban J connectivity index is 0.00000336. The normalized spacial score (nSPS) is 12.2. The molecule has 0 aliphatic carbocycles. The monoisotopic (exact) mass is 820 g/mol. The van der Waals surface area contributed by atoms with Crippen LogP contribution in [0.2, 0.25) is 0 Å². The topological polar surface area (TPSA) is 304 Å². The summed E-state index contributed by atoms with van der Waals surface area (Å²) < 4.78 is 106. The molecule has 0 fully saturated rings. The van der Waals surface area contributed by atoms with Crippen LogP contribution in [0.4, 0.5) is 34.1 Å². The summed E-state index contributed by atoms with van der Waals surface area (Å²) in [5.74, 6) is 0. The number of nitrogen functional groups attached to an aromatic ring is 1. The Bertz CT molecular complexity index is 2700. The maximum atomic E-state index is 12.9. The SMILES string of the molecule is Nc1cc([N+]([O-])=Nc2ccc(C=Cc3ccc([N+](=O)[O-])cc3S(=O)(=O)[O-])c(S(=O)(=O)[O-])c2)ccc1N=Nc1cccc2c(S(=O)(=O)[O-])cccc12.[Na+].[Na+].[Na+]. The van der Waals surface area contributed by atoms with Crippen molar-refractivity contribution in [3.63, 3.8) is 0 Å². The fourth-order valence-electron chi connectivity index (χ4n) is 4.70. The molecule has 0 heterocycles. The number of benzene rings is 5. The Morgan fingerprint density at radius 1 is 0.574 bits per heavy atom. The molecule has 18 nitrogen and oxygen atoms in total. The molecule has 54 heavy (non-hydrogen) atoms. The van der Waals surface area contributed by atoms with Crippen molar-refractivity contribution in [3.8, 4) is 0 Å². The van der Waals surface area contributed by atoms with E-state index in [1.807, 2.05) is 0 Å². The first-order valence-electron chi connectivity index (χ1n) is 13.8. The maximum absolute atomic E-state index is 12.9. The molecule has 0 aliphatic heterocycles. The van der Waals surface area contributed by atoms with Gasteiger partial charge < -0.3 is 24.6 Å². The van der Waals surface area contributed by atoms with Crippen molar-refractivity contribution in [3.05, 3.63) is 117 Å². The molecule has 0 saturated carbocycles. The van der Waals surface area contributed by atoms with E-state index in [4.69, 9.17) is 5.73 Å². The molecule has 0 atom stereocenters. The first-order chi connectivity index (χ1) is 23.8. The van der Waals surface area contributed by atoms with Crippen molar-refractivity contribution in [1.29, 1.82) is 0 Å². The van der Waals surface area contributed by atoms with Crippen LogP contribution in [0.3, 0.4) is 0 Å². The maximum Gasteiger partial charge on any atom is 1.00 e. The zero-order valence-electron chi connectivity index (χ0n) is 28.3. The molecule has 0 bridgehead atoms. The van der Waals surface area contributed by atoms with E-state index in [1.54, 1.807) is 6.07 Å². The Morgan fingerprint density at radius 3 is 1.67 bits per heavy atom. The van der Waals surface area contributed by atoms with Gasteiger partial charge in [-0.25, -0.2) is 25.3 Å². The van der Waals surface area contributed by atoms with Gasteiger partial charge in [-0.3, -0.25) is 10.1 Å². The summed E-state index contributed by atoms with van der Waals surface area (Å²) in [6.07, 6.45) is 1.95. The van der Waals surface area contributed by atoms with Gasteiger partial charge in [0.05, 0.1) is 31.0 Å². The van der Waals surface area contributed by atoms with Crippen molar-refractivity contribution in [2.45, 2.75) is 14.7 Å². The summed E-state index contributed by atoms with van der Waals surface area (Å²) >= 11 is 0.